The molecule has 0 aliphatic carbocycles. The maximum absolute atomic E-state index is 14.0. The molecular weight excluding hydrogens is 436 g/mol. The highest BCUT2D eigenvalue weighted by atomic mass is 32.1. The Balaban J connectivity index is 1.70. The van der Waals surface area contributed by atoms with Crippen molar-refractivity contribution in [2.45, 2.75) is 24.9 Å². The summed E-state index contributed by atoms with van der Waals surface area (Å²) in [6, 6.07) is 18.9. The van der Waals surface area contributed by atoms with Crippen LogP contribution < -0.4 is 4.74 Å². The first-order chi connectivity index (χ1) is 16.1. The Morgan fingerprint density at radius 1 is 0.970 bits per heavy atom. The third-order valence-electron chi connectivity index (χ3n) is 6.65. The van der Waals surface area contributed by atoms with Crippen LogP contribution in [-0.2, 0) is 4.79 Å². The van der Waals surface area contributed by atoms with E-state index in [2.05, 4.69) is 0 Å². The maximum Gasteiger partial charge on any atom is 0.328 e. The van der Waals surface area contributed by atoms with Gasteiger partial charge in [0.2, 0.25) is 0 Å². The maximum atomic E-state index is 14.0. The Kier molecular flexibility index (Phi) is 5.50. The van der Waals surface area contributed by atoms with Crippen molar-refractivity contribution >= 4 is 29.1 Å². The van der Waals surface area contributed by atoms with Gasteiger partial charge in [-0.15, -0.1) is 11.3 Å². The van der Waals surface area contributed by atoms with Crippen LogP contribution in [-0.4, -0.2) is 47.2 Å². The summed E-state index contributed by atoms with van der Waals surface area (Å²) in [6.45, 7) is 2.10. The smallest absolute Gasteiger partial charge is 0.328 e. The average Bonchev–Trinajstić information content (AvgIpc) is 3.55. The van der Waals surface area contributed by atoms with Crippen molar-refractivity contribution in [1.82, 2.24) is 9.80 Å². The molecule has 0 bridgehead atoms. The van der Waals surface area contributed by atoms with E-state index in [4.69, 9.17) is 4.74 Å². The number of fused-ring (bicyclic) bond motifs is 1. The number of ether oxygens (including phenoxy) is 1. The molecule has 0 N–H and O–H groups in total. The first-order valence-corrected chi connectivity index (χ1v) is 11.8. The van der Waals surface area contributed by atoms with Crippen molar-refractivity contribution < 1.29 is 19.1 Å². The highest BCUT2D eigenvalue weighted by Crippen LogP contribution is 2.54. The standard InChI is InChI=1S/C26H24N2O4S/c1-3-27-25(30)23-20(16-11-13-18(32-2)14-12-16)21(24(29)17-8-5-4-6-9-17)22(28(23)26(27)31)19-10-7-15-33-19/h4-15,20-23H,3H2,1-2H3. The number of ketones is 1. The average molecular weight is 461 g/mol. The Labute approximate surface area is 196 Å². The molecule has 3 aromatic rings. The molecule has 0 spiro atoms. The van der Waals surface area contributed by atoms with E-state index < -0.39 is 23.9 Å². The SMILES string of the molecule is CCN1C(=O)C2C(c3ccc(OC)cc3)C(C(=O)c3ccccc3)C(c3cccs3)N2C1=O. The number of hydrogen-bond acceptors (Lipinski definition) is 5. The summed E-state index contributed by atoms with van der Waals surface area (Å²) < 4.78 is 5.31. The number of amides is 3. The number of methoxy groups -OCH3 is 1. The van der Waals surface area contributed by atoms with Crippen LogP contribution in [0.15, 0.2) is 72.1 Å². The summed E-state index contributed by atoms with van der Waals surface area (Å²) >= 11 is 1.50. The van der Waals surface area contributed by atoms with E-state index in [9.17, 15) is 14.4 Å². The van der Waals surface area contributed by atoms with Gasteiger partial charge in [-0.25, -0.2) is 4.79 Å². The van der Waals surface area contributed by atoms with Gasteiger partial charge < -0.3 is 9.64 Å². The van der Waals surface area contributed by atoms with Gasteiger partial charge in [-0.05, 0) is 36.1 Å². The molecule has 168 valence electrons. The summed E-state index contributed by atoms with van der Waals surface area (Å²) in [5.74, 6) is -0.667. The van der Waals surface area contributed by atoms with E-state index in [-0.39, 0.29) is 17.7 Å². The molecule has 4 atom stereocenters. The second-order valence-electron chi connectivity index (χ2n) is 8.23. The summed E-state index contributed by atoms with van der Waals surface area (Å²) in [4.78, 5) is 44.7. The first-order valence-electron chi connectivity index (χ1n) is 11.0. The minimum Gasteiger partial charge on any atom is -0.497 e. The molecule has 5 rings (SSSR count). The predicted molar refractivity (Wildman–Crippen MR) is 125 cm³/mol. The molecule has 2 aromatic carbocycles. The second kappa shape index (κ2) is 8.48. The number of nitrogens with zero attached hydrogens (tertiary/aromatic N) is 2. The number of carbonyl (C=O) groups excluding carboxylic acids is 3. The van der Waals surface area contributed by atoms with Gasteiger partial charge in [-0.2, -0.15) is 0 Å². The molecule has 2 aliphatic rings. The lowest BCUT2D eigenvalue weighted by molar-refractivity contribution is -0.128. The number of hydrogen-bond donors (Lipinski definition) is 0. The highest BCUT2D eigenvalue weighted by Gasteiger charge is 2.63. The van der Waals surface area contributed by atoms with E-state index in [1.807, 2.05) is 60.0 Å². The molecule has 7 heteroatoms. The van der Waals surface area contributed by atoms with Crippen LogP contribution in [0.2, 0.25) is 0 Å². The minimum absolute atomic E-state index is 0.0622. The molecule has 3 heterocycles. The van der Waals surface area contributed by atoms with Crippen LogP contribution in [0.1, 0.15) is 39.7 Å². The third kappa shape index (κ3) is 3.35. The fourth-order valence-electron chi connectivity index (χ4n) is 5.20. The summed E-state index contributed by atoms with van der Waals surface area (Å²) in [5, 5.41) is 1.94. The van der Waals surface area contributed by atoms with E-state index in [0.29, 0.717) is 17.9 Å². The zero-order chi connectivity index (χ0) is 23.1. The molecule has 4 unspecified atom stereocenters. The summed E-state index contributed by atoms with van der Waals surface area (Å²) in [5.41, 5.74) is 1.43. The molecule has 2 fully saturated rings. The van der Waals surface area contributed by atoms with E-state index >= 15 is 0 Å². The van der Waals surface area contributed by atoms with Crippen molar-refractivity contribution in [2.24, 2.45) is 5.92 Å². The summed E-state index contributed by atoms with van der Waals surface area (Å²) in [7, 11) is 1.60. The Hall–Kier alpha value is -3.45. The fraction of sp³-hybridized carbons (Fsp3) is 0.269. The van der Waals surface area contributed by atoms with Gasteiger partial charge in [0.05, 0.1) is 19.1 Å². The quantitative estimate of drug-likeness (QED) is 0.393. The van der Waals surface area contributed by atoms with Gasteiger partial charge in [0.15, 0.2) is 5.78 Å². The van der Waals surface area contributed by atoms with E-state index in [0.717, 1.165) is 10.4 Å². The molecule has 2 aliphatic heterocycles. The number of benzene rings is 2. The van der Waals surface area contributed by atoms with Crippen LogP contribution in [0.3, 0.4) is 0 Å². The number of rotatable bonds is 6. The summed E-state index contributed by atoms with van der Waals surface area (Å²) in [6.07, 6.45) is 0. The highest BCUT2D eigenvalue weighted by molar-refractivity contribution is 7.10. The normalized spacial score (nSPS) is 24.3. The molecule has 0 radical (unpaired) electrons. The fourth-order valence-corrected chi connectivity index (χ4v) is 6.07. The van der Waals surface area contributed by atoms with Crippen LogP contribution >= 0.6 is 11.3 Å². The predicted octanol–water partition coefficient (Wildman–Crippen LogP) is 4.75. The minimum atomic E-state index is -0.726. The monoisotopic (exact) mass is 460 g/mol. The van der Waals surface area contributed by atoms with E-state index in [1.54, 1.807) is 31.1 Å². The number of likely N-dealkylation sites (N-methyl/N-ethyl adjacent to an activating group) is 1. The van der Waals surface area contributed by atoms with Crippen LogP contribution in [0.25, 0.3) is 0 Å². The van der Waals surface area contributed by atoms with Gasteiger partial charge in [-0.3, -0.25) is 14.5 Å². The molecule has 1 aromatic heterocycles. The number of thiophene rings is 1. The Morgan fingerprint density at radius 3 is 2.30 bits per heavy atom. The van der Waals surface area contributed by atoms with Crippen molar-refractivity contribution in [1.29, 1.82) is 0 Å². The van der Waals surface area contributed by atoms with E-state index in [1.165, 1.54) is 16.2 Å². The number of Topliss-reactive ketones (excluding diaryl/α,β-unsaturated/α-hetero) is 1. The second-order valence-corrected chi connectivity index (χ2v) is 9.21. The van der Waals surface area contributed by atoms with Crippen molar-refractivity contribution in [2.75, 3.05) is 13.7 Å². The largest absolute Gasteiger partial charge is 0.497 e. The van der Waals surface area contributed by atoms with Crippen molar-refractivity contribution in [3.63, 3.8) is 0 Å². The van der Waals surface area contributed by atoms with Gasteiger partial charge in [0, 0.05) is 22.9 Å². The molecule has 3 amide bonds. The zero-order valence-corrected chi connectivity index (χ0v) is 19.2. The number of urea groups is 1. The van der Waals surface area contributed by atoms with Gasteiger partial charge in [0.25, 0.3) is 5.91 Å². The molecule has 33 heavy (non-hydrogen) atoms. The molecule has 2 saturated heterocycles. The van der Waals surface area contributed by atoms with Crippen LogP contribution in [0.4, 0.5) is 4.79 Å². The van der Waals surface area contributed by atoms with Crippen LogP contribution in [0, 0.1) is 5.92 Å². The van der Waals surface area contributed by atoms with Crippen molar-refractivity contribution in [3.05, 3.63) is 88.1 Å². The zero-order valence-electron chi connectivity index (χ0n) is 18.4. The first kappa shape index (κ1) is 21.4. The number of imide groups is 1. The van der Waals surface area contributed by atoms with Crippen molar-refractivity contribution in [3.8, 4) is 5.75 Å². The Bertz CT molecular complexity index is 1180. The molecule has 0 saturated carbocycles. The lowest BCUT2D eigenvalue weighted by Crippen LogP contribution is -2.37. The lowest BCUT2D eigenvalue weighted by atomic mass is 9.77. The molecule has 6 nitrogen and oxygen atoms in total. The van der Waals surface area contributed by atoms with Gasteiger partial charge in [-0.1, -0.05) is 48.5 Å². The Morgan fingerprint density at radius 2 is 1.70 bits per heavy atom. The van der Waals surface area contributed by atoms with Gasteiger partial charge >= 0.3 is 6.03 Å². The lowest BCUT2D eigenvalue weighted by Gasteiger charge is -2.27. The third-order valence-corrected chi connectivity index (χ3v) is 7.59. The number of carbonyl (C=O) groups is 3. The van der Waals surface area contributed by atoms with Gasteiger partial charge in [0.1, 0.15) is 11.8 Å². The van der Waals surface area contributed by atoms with Crippen LogP contribution in [0.5, 0.6) is 5.75 Å². The molecular formula is C26H24N2O4S. The topological polar surface area (TPSA) is 66.9 Å².